The molecule has 1 fully saturated rings. The van der Waals surface area contributed by atoms with E-state index in [2.05, 4.69) is 39.5 Å². The number of amides is 1. The second kappa shape index (κ2) is 5.88. The molecule has 1 unspecified atom stereocenters. The number of carbonyl (C=O) groups excluding carboxylic acids is 1. The van der Waals surface area contributed by atoms with Crippen molar-refractivity contribution in [3.05, 3.63) is 21.9 Å². The number of tetrazole rings is 1. The minimum atomic E-state index is 0.00587. The summed E-state index contributed by atoms with van der Waals surface area (Å²) in [5.74, 6) is 1.20. The largest absolute Gasteiger partial charge is 0.337 e. The fraction of sp³-hybridized carbons (Fsp3) is 0.615. The smallest absolute Gasteiger partial charge is 0.273 e. The van der Waals surface area contributed by atoms with Crippen molar-refractivity contribution < 1.29 is 4.79 Å². The lowest BCUT2D eigenvalue weighted by atomic mass is 9.97. The van der Waals surface area contributed by atoms with E-state index in [9.17, 15) is 4.79 Å². The fourth-order valence-corrected chi connectivity index (χ4v) is 3.34. The van der Waals surface area contributed by atoms with E-state index in [1.54, 1.807) is 11.3 Å². The number of piperidine rings is 1. The zero-order valence-corrected chi connectivity index (χ0v) is 12.9. The number of likely N-dealkylation sites (tertiary alicyclic amines) is 1. The summed E-state index contributed by atoms with van der Waals surface area (Å²) in [5.41, 5.74) is 0.553. The molecule has 2 aromatic rings. The summed E-state index contributed by atoms with van der Waals surface area (Å²) < 4.78 is 0. The van der Waals surface area contributed by atoms with E-state index in [0.717, 1.165) is 24.4 Å². The van der Waals surface area contributed by atoms with Gasteiger partial charge in [-0.15, -0.1) is 21.5 Å². The van der Waals surface area contributed by atoms with E-state index >= 15 is 0 Å². The average Bonchev–Trinajstić information content (AvgIpc) is 3.18. The molecule has 0 radical (unpaired) electrons. The van der Waals surface area contributed by atoms with Crippen LogP contribution < -0.4 is 0 Å². The molecule has 0 saturated carbocycles. The van der Waals surface area contributed by atoms with Gasteiger partial charge >= 0.3 is 0 Å². The van der Waals surface area contributed by atoms with Crippen molar-refractivity contribution in [3.8, 4) is 0 Å². The van der Waals surface area contributed by atoms with Gasteiger partial charge in [0.1, 0.15) is 5.69 Å². The predicted octanol–water partition coefficient (Wildman–Crippen LogP) is 1.80. The molecular formula is C13H18N6OS. The number of aromatic nitrogens is 5. The summed E-state index contributed by atoms with van der Waals surface area (Å²) in [6.45, 7) is 5.56. The van der Waals surface area contributed by atoms with Gasteiger partial charge in [0.05, 0.1) is 5.01 Å². The third-order valence-corrected chi connectivity index (χ3v) is 4.82. The van der Waals surface area contributed by atoms with Crippen LogP contribution in [0.1, 0.15) is 59.8 Å². The van der Waals surface area contributed by atoms with Crippen molar-refractivity contribution in [2.45, 2.75) is 38.5 Å². The highest BCUT2D eigenvalue weighted by Gasteiger charge is 2.28. The second-order valence-electron chi connectivity index (χ2n) is 5.59. The molecule has 112 valence electrons. The molecule has 1 amide bonds. The van der Waals surface area contributed by atoms with Gasteiger partial charge in [0, 0.05) is 30.3 Å². The molecule has 2 aromatic heterocycles. The first-order valence-electron chi connectivity index (χ1n) is 7.13. The van der Waals surface area contributed by atoms with Gasteiger partial charge in [0.2, 0.25) is 0 Å². The van der Waals surface area contributed by atoms with Crippen LogP contribution in [0, 0.1) is 0 Å². The fourth-order valence-electron chi connectivity index (χ4n) is 2.53. The standard InChI is InChI=1S/C13H18N6OS/c1-8(2)12-14-10(7-21-12)13(20)19-5-3-4-9(6-19)11-15-17-18-16-11/h7-9H,3-6H2,1-2H3,(H,15,16,17,18). The summed E-state index contributed by atoms with van der Waals surface area (Å²) in [6, 6.07) is 0. The van der Waals surface area contributed by atoms with Crippen LogP contribution in [0.3, 0.4) is 0 Å². The zero-order chi connectivity index (χ0) is 14.8. The molecule has 3 rings (SSSR count). The Morgan fingerprint density at radius 3 is 3.05 bits per heavy atom. The number of carbonyl (C=O) groups is 1. The molecule has 1 aliphatic heterocycles. The molecule has 1 atom stereocenters. The lowest BCUT2D eigenvalue weighted by Crippen LogP contribution is -2.39. The maximum absolute atomic E-state index is 12.6. The summed E-state index contributed by atoms with van der Waals surface area (Å²) in [4.78, 5) is 18.9. The van der Waals surface area contributed by atoms with Gasteiger partial charge in [-0.3, -0.25) is 4.79 Å². The molecule has 3 heterocycles. The Bertz CT molecular complexity index is 608. The molecule has 1 aliphatic rings. The molecule has 8 heteroatoms. The molecule has 21 heavy (non-hydrogen) atoms. The number of thiazole rings is 1. The van der Waals surface area contributed by atoms with Gasteiger partial charge in [-0.2, -0.15) is 5.21 Å². The van der Waals surface area contributed by atoms with E-state index in [1.807, 2.05) is 10.3 Å². The van der Waals surface area contributed by atoms with Crippen molar-refractivity contribution >= 4 is 17.2 Å². The van der Waals surface area contributed by atoms with Crippen LogP contribution in [0.5, 0.6) is 0 Å². The molecule has 1 saturated heterocycles. The van der Waals surface area contributed by atoms with E-state index in [1.165, 1.54) is 0 Å². The van der Waals surface area contributed by atoms with Gasteiger partial charge in [-0.25, -0.2) is 4.98 Å². The first-order chi connectivity index (χ1) is 10.1. The van der Waals surface area contributed by atoms with Crippen LogP contribution in [0.25, 0.3) is 0 Å². The van der Waals surface area contributed by atoms with Gasteiger partial charge in [-0.05, 0) is 12.8 Å². The summed E-state index contributed by atoms with van der Waals surface area (Å²) in [5, 5.41) is 17.0. The quantitative estimate of drug-likeness (QED) is 0.934. The van der Waals surface area contributed by atoms with Crippen LogP contribution in [-0.4, -0.2) is 49.5 Å². The first kappa shape index (κ1) is 14.1. The Morgan fingerprint density at radius 1 is 1.52 bits per heavy atom. The Balaban J connectivity index is 1.71. The minimum Gasteiger partial charge on any atom is -0.337 e. The average molecular weight is 306 g/mol. The maximum atomic E-state index is 12.6. The van der Waals surface area contributed by atoms with E-state index in [4.69, 9.17) is 0 Å². The number of nitrogens with one attached hydrogen (secondary N) is 1. The molecule has 0 spiro atoms. The van der Waals surface area contributed by atoms with Crippen molar-refractivity contribution in [2.75, 3.05) is 13.1 Å². The maximum Gasteiger partial charge on any atom is 0.273 e. The zero-order valence-electron chi connectivity index (χ0n) is 12.1. The van der Waals surface area contributed by atoms with E-state index < -0.39 is 0 Å². The minimum absolute atomic E-state index is 0.00587. The number of H-pyrrole nitrogens is 1. The summed E-state index contributed by atoms with van der Waals surface area (Å²) >= 11 is 1.55. The van der Waals surface area contributed by atoms with Crippen LogP contribution >= 0.6 is 11.3 Å². The number of nitrogens with zero attached hydrogens (tertiary/aromatic N) is 5. The first-order valence-corrected chi connectivity index (χ1v) is 8.01. The van der Waals surface area contributed by atoms with E-state index in [0.29, 0.717) is 24.0 Å². The summed E-state index contributed by atoms with van der Waals surface area (Å²) in [6.07, 6.45) is 1.93. The van der Waals surface area contributed by atoms with Crippen molar-refractivity contribution in [1.82, 2.24) is 30.5 Å². The van der Waals surface area contributed by atoms with Gasteiger partial charge in [0.15, 0.2) is 5.82 Å². The monoisotopic (exact) mass is 306 g/mol. The summed E-state index contributed by atoms with van der Waals surface area (Å²) in [7, 11) is 0. The lowest BCUT2D eigenvalue weighted by molar-refractivity contribution is 0.0699. The van der Waals surface area contributed by atoms with Gasteiger partial charge < -0.3 is 4.90 Å². The highest BCUT2D eigenvalue weighted by molar-refractivity contribution is 7.09. The normalized spacial score (nSPS) is 19.2. The third kappa shape index (κ3) is 2.94. The Hall–Kier alpha value is -1.83. The number of aromatic amines is 1. The van der Waals surface area contributed by atoms with Crippen LogP contribution in [0.15, 0.2) is 5.38 Å². The topological polar surface area (TPSA) is 87.7 Å². The second-order valence-corrected chi connectivity index (χ2v) is 6.48. The SMILES string of the molecule is CC(C)c1nc(C(=O)N2CCCC(c3nn[nH]n3)C2)cs1. The molecule has 1 N–H and O–H groups in total. The number of rotatable bonds is 3. The van der Waals surface area contributed by atoms with Crippen LogP contribution in [0.4, 0.5) is 0 Å². The lowest BCUT2D eigenvalue weighted by Gasteiger charge is -2.30. The van der Waals surface area contributed by atoms with E-state index in [-0.39, 0.29) is 11.8 Å². The van der Waals surface area contributed by atoms with Crippen molar-refractivity contribution in [3.63, 3.8) is 0 Å². The van der Waals surface area contributed by atoms with Crippen LogP contribution in [-0.2, 0) is 0 Å². The van der Waals surface area contributed by atoms with Gasteiger partial charge in [-0.1, -0.05) is 19.1 Å². The number of hydrogen-bond acceptors (Lipinski definition) is 6. The van der Waals surface area contributed by atoms with Crippen molar-refractivity contribution in [1.29, 1.82) is 0 Å². The van der Waals surface area contributed by atoms with Gasteiger partial charge in [0.25, 0.3) is 5.91 Å². The van der Waals surface area contributed by atoms with Crippen LogP contribution in [0.2, 0.25) is 0 Å². The molecule has 7 nitrogen and oxygen atoms in total. The predicted molar refractivity (Wildman–Crippen MR) is 78.3 cm³/mol. The number of hydrogen-bond donors (Lipinski definition) is 1. The highest BCUT2D eigenvalue weighted by Crippen LogP contribution is 2.26. The third-order valence-electron chi connectivity index (χ3n) is 3.67. The Labute approximate surface area is 126 Å². The molecule has 0 aromatic carbocycles. The highest BCUT2D eigenvalue weighted by atomic mass is 32.1. The Morgan fingerprint density at radius 2 is 2.38 bits per heavy atom. The molecule has 0 aliphatic carbocycles. The molecular weight excluding hydrogens is 288 g/mol. The Kier molecular flexibility index (Phi) is 3.96. The molecule has 0 bridgehead atoms. The van der Waals surface area contributed by atoms with Crippen molar-refractivity contribution in [2.24, 2.45) is 0 Å².